The van der Waals surface area contributed by atoms with Crippen LogP contribution < -0.4 is 4.90 Å². The first kappa shape index (κ1) is 16.2. The van der Waals surface area contributed by atoms with Crippen LogP contribution in [0.4, 0.5) is 5.82 Å². The van der Waals surface area contributed by atoms with Gasteiger partial charge in [0.15, 0.2) is 0 Å². The molecule has 0 spiro atoms. The Hall–Kier alpha value is -1.13. The standard InChI is InChI=1S/C16H19BrClN3/c1-4-5-15-19-14(17)10-16(20-15)21(3)11(2)12-6-8-13(18)9-7-12/h6-11H,4-5H2,1-3H3. The van der Waals surface area contributed by atoms with Gasteiger partial charge in [-0.2, -0.15) is 0 Å². The summed E-state index contributed by atoms with van der Waals surface area (Å²) in [6, 6.07) is 10.1. The number of benzene rings is 1. The third kappa shape index (κ3) is 4.17. The lowest BCUT2D eigenvalue weighted by Crippen LogP contribution is -2.23. The van der Waals surface area contributed by atoms with Crippen molar-refractivity contribution in [2.24, 2.45) is 0 Å². The Morgan fingerprint density at radius 1 is 1.24 bits per heavy atom. The van der Waals surface area contributed by atoms with Crippen LogP contribution in [-0.2, 0) is 6.42 Å². The summed E-state index contributed by atoms with van der Waals surface area (Å²) in [5.74, 6) is 1.79. The lowest BCUT2D eigenvalue weighted by molar-refractivity contribution is 0.717. The average molecular weight is 369 g/mol. The van der Waals surface area contributed by atoms with E-state index in [2.05, 4.69) is 44.6 Å². The van der Waals surface area contributed by atoms with Crippen molar-refractivity contribution < 1.29 is 0 Å². The first-order chi connectivity index (χ1) is 10.0. The van der Waals surface area contributed by atoms with E-state index in [1.165, 1.54) is 5.56 Å². The molecule has 21 heavy (non-hydrogen) atoms. The lowest BCUT2D eigenvalue weighted by atomic mass is 10.1. The van der Waals surface area contributed by atoms with Gasteiger partial charge in [-0.05, 0) is 47.0 Å². The zero-order chi connectivity index (χ0) is 15.4. The minimum atomic E-state index is 0.207. The van der Waals surface area contributed by atoms with E-state index < -0.39 is 0 Å². The third-order valence-electron chi connectivity index (χ3n) is 3.50. The van der Waals surface area contributed by atoms with Crippen molar-refractivity contribution >= 4 is 33.3 Å². The summed E-state index contributed by atoms with van der Waals surface area (Å²) in [4.78, 5) is 11.2. The summed E-state index contributed by atoms with van der Waals surface area (Å²) in [5, 5.41) is 0.753. The molecule has 1 heterocycles. The molecule has 0 amide bonds. The average Bonchev–Trinajstić information content (AvgIpc) is 2.46. The molecule has 2 rings (SSSR count). The van der Waals surface area contributed by atoms with Gasteiger partial charge in [0, 0.05) is 24.6 Å². The fourth-order valence-corrected chi connectivity index (χ4v) is 2.67. The Kier molecular flexibility index (Phi) is 5.59. The van der Waals surface area contributed by atoms with E-state index in [-0.39, 0.29) is 6.04 Å². The topological polar surface area (TPSA) is 29.0 Å². The van der Waals surface area contributed by atoms with Crippen LogP contribution in [-0.4, -0.2) is 17.0 Å². The molecule has 0 N–H and O–H groups in total. The van der Waals surface area contributed by atoms with Gasteiger partial charge in [-0.3, -0.25) is 0 Å². The van der Waals surface area contributed by atoms with Gasteiger partial charge < -0.3 is 4.90 Å². The highest BCUT2D eigenvalue weighted by atomic mass is 79.9. The van der Waals surface area contributed by atoms with Gasteiger partial charge in [-0.15, -0.1) is 0 Å². The van der Waals surface area contributed by atoms with E-state index in [9.17, 15) is 0 Å². The van der Waals surface area contributed by atoms with Gasteiger partial charge in [0.25, 0.3) is 0 Å². The molecule has 0 bridgehead atoms. The molecule has 0 saturated heterocycles. The molecule has 112 valence electrons. The van der Waals surface area contributed by atoms with E-state index in [0.717, 1.165) is 34.1 Å². The maximum atomic E-state index is 5.95. The molecule has 2 aromatic rings. The monoisotopic (exact) mass is 367 g/mol. The molecule has 5 heteroatoms. The zero-order valence-corrected chi connectivity index (χ0v) is 14.8. The summed E-state index contributed by atoms with van der Waals surface area (Å²) in [6.45, 7) is 4.28. The Labute approximate surface area is 139 Å². The third-order valence-corrected chi connectivity index (χ3v) is 4.15. The van der Waals surface area contributed by atoms with Crippen LogP contribution in [0.5, 0.6) is 0 Å². The largest absolute Gasteiger partial charge is 0.353 e. The molecule has 1 unspecified atom stereocenters. The number of anilines is 1. The SMILES string of the molecule is CCCc1nc(Br)cc(N(C)C(C)c2ccc(Cl)cc2)n1. The number of hydrogen-bond donors (Lipinski definition) is 0. The Balaban J connectivity index is 2.26. The second-order valence-electron chi connectivity index (χ2n) is 5.05. The molecule has 3 nitrogen and oxygen atoms in total. The van der Waals surface area contributed by atoms with Gasteiger partial charge in [0.2, 0.25) is 0 Å². The maximum Gasteiger partial charge on any atom is 0.133 e. The van der Waals surface area contributed by atoms with Crippen LogP contribution in [0.2, 0.25) is 5.02 Å². The van der Waals surface area contributed by atoms with Gasteiger partial charge in [-0.25, -0.2) is 9.97 Å². The van der Waals surface area contributed by atoms with Crippen LogP contribution in [0.1, 0.15) is 37.7 Å². The predicted molar refractivity (Wildman–Crippen MR) is 92.0 cm³/mol. The minimum Gasteiger partial charge on any atom is -0.353 e. The lowest BCUT2D eigenvalue weighted by Gasteiger charge is -2.26. The van der Waals surface area contributed by atoms with Crippen molar-refractivity contribution in [1.82, 2.24) is 9.97 Å². The van der Waals surface area contributed by atoms with Crippen LogP contribution >= 0.6 is 27.5 Å². The van der Waals surface area contributed by atoms with Gasteiger partial charge in [0.05, 0.1) is 6.04 Å². The van der Waals surface area contributed by atoms with Crippen LogP contribution in [0.3, 0.4) is 0 Å². The highest BCUT2D eigenvalue weighted by Crippen LogP contribution is 2.26. The maximum absolute atomic E-state index is 5.95. The minimum absolute atomic E-state index is 0.207. The summed E-state index contributed by atoms with van der Waals surface area (Å²) in [5.41, 5.74) is 1.20. The van der Waals surface area contributed by atoms with Crippen LogP contribution in [0, 0.1) is 0 Å². The van der Waals surface area contributed by atoms with E-state index >= 15 is 0 Å². The first-order valence-corrected chi connectivity index (χ1v) is 8.20. The van der Waals surface area contributed by atoms with Crippen molar-refractivity contribution in [3.63, 3.8) is 0 Å². The smallest absolute Gasteiger partial charge is 0.133 e. The van der Waals surface area contributed by atoms with Crippen molar-refractivity contribution in [3.8, 4) is 0 Å². The van der Waals surface area contributed by atoms with E-state index in [1.807, 2.05) is 37.4 Å². The second kappa shape index (κ2) is 7.23. The Bertz CT molecular complexity index is 601. The number of hydrogen-bond acceptors (Lipinski definition) is 3. The summed E-state index contributed by atoms with van der Waals surface area (Å²) in [7, 11) is 2.05. The van der Waals surface area contributed by atoms with Crippen molar-refractivity contribution in [3.05, 3.63) is 51.3 Å². The van der Waals surface area contributed by atoms with Gasteiger partial charge in [0.1, 0.15) is 16.2 Å². The van der Waals surface area contributed by atoms with Crippen molar-refractivity contribution in [2.75, 3.05) is 11.9 Å². The van der Waals surface area contributed by atoms with Crippen LogP contribution in [0.25, 0.3) is 0 Å². The molecule has 0 radical (unpaired) electrons. The number of rotatable bonds is 5. The molecular formula is C16H19BrClN3. The molecule has 1 aromatic carbocycles. The molecule has 0 aliphatic carbocycles. The van der Waals surface area contributed by atoms with E-state index in [1.54, 1.807) is 0 Å². The number of nitrogens with zero attached hydrogens (tertiary/aromatic N) is 3. The molecule has 0 aliphatic heterocycles. The summed E-state index contributed by atoms with van der Waals surface area (Å²) >= 11 is 9.42. The quantitative estimate of drug-likeness (QED) is 0.692. The normalized spacial score (nSPS) is 12.2. The second-order valence-corrected chi connectivity index (χ2v) is 6.30. The Morgan fingerprint density at radius 2 is 1.90 bits per heavy atom. The van der Waals surface area contributed by atoms with Crippen LogP contribution in [0.15, 0.2) is 34.9 Å². The van der Waals surface area contributed by atoms with E-state index in [4.69, 9.17) is 11.6 Å². The molecule has 0 aliphatic rings. The fraction of sp³-hybridized carbons (Fsp3) is 0.375. The molecular weight excluding hydrogens is 350 g/mol. The van der Waals surface area contributed by atoms with Gasteiger partial charge in [-0.1, -0.05) is 30.7 Å². The first-order valence-electron chi connectivity index (χ1n) is 7.03. The Morgan fingerprint density at radius 3 is 2.52 bits per heavy atom. The molecule has 0 fully saturated rings. The highest BCUT2D eigenvalue weighted by molar-refractivity contribution is 9.10. The number of halogens is 2. The van der Waals surface area contributed by atoms with Crippen molar-refractivity contribution in [2.45, 2.75) is 32.7 Å². The highest BCUT2D eigenvalue weighted by Gasteiger charge is 2.15. The molecule has 0 saturated carbocycles. The van der Waals surface area contributed by atoms with E-state index in [0.29, 0.717) is 0 Å². The number of aromatic nitrogens is 2. The summed E-state index contributed by atoms with van der Waals surface area (Å²) in [6.07, 6.45) is 1.92. The molecule has 1 aromatic heterocycles. The van der Waals surface area contributed by atoms with Gasteiger partial charge >= 0.3 is 0 Å². The van der Waals surface area contributed by atoms with Crippen molar-refractivity contribution in [1.29, 1.82) is 0 Å². The molecule has 1 atom stereocenters. The predicted octanol–water partition coefficient (Wildman–Crippen LogP) is 5.04. The fourth-order valence-electron chi connectivity index (χ4n) is 2.13. The summed E-state index contributed by atoms with van der Waals surface area (Å²) < 4.78 is 0.825. The zero-order valence-electron chi connectivity index (χ0n) is 12.5. The number of aryl methyl sites for hydroxylation is 1.